The standard InChI is InChI=1S/C22H34N4O4/c1-25-18(27)22(26(20(25)29)10-16-11-30-12-16)13-21(14-22)7-5-17(6-8-21)24-19(28)23-9-15-3-2-4-15/h15-17H,2-14H2,1H3,(H2,23,24,28). The van der Waals surface area contributed by atoms with Crippen LogP contribution in [-0.4, -0.2) is 72.7 Å². The van der Waals surface area contributed by atoms with E-state index in [0.717, 1.165) is 45.1 Å². The Labute approximate surface area is 178 Å². The summed E-state index contributed by atoms with van der Waals surface area (Å²) in [5.41, 5.74) is -0.502. The van der Waals surface area contributed by atoms with Crippen molar-refractivity contribution in [1.29, 1.82) is 0 Å². The fourth-order valence-corrected chi connectivity index (χ4v) is 6.21. The lowest BCUT2D eigenvalue weighted by atomic mass is 9.51. The molecule has 8 nitrogen and oxygen atoms in total. The molecule has 3 aliphatic carbocycles. The van der Waals surface area contributed by atoms with E-state index in [0.29, 0.717) is 31.6 Å². The number of ether oxygens (including phenoxy) is 1. The maximum atomic E-state index is 13.0. The van der Waals surface area contributed by atoms with Crippen LogP contribution in [0.1, 0.15) is 57.8 Å². The number of likely N-dealkylation sites (N-methyl/N-ethyl adjacent to an activating group) is 1. The Bertz CT molecular complexity index is 717. The predicted octanol–water partition coefficient (Wildman–Crippen LogP) is 2.09. The van der Waals surface area contributed by atoms with Gasteiger partial charge in [0, 0.05) is 32.1 Å². The van der Waals surface area contributed by atoms with Gasteiger partial charge in [0.2, 0.25) is 0 Å². The smallest absolute Gasteiger partial charge is 0.327 e. The Morgan fingerprint density at radius 1 is 1.10 bits per heavy atom. The van der Waals surface area contributed by atoms with Crippen LogP contribution in [0.25, 0.3) is 0 Å². The van der Waals surface area contributed by atoms with Gasteiger partial charge in [0.1, 0.15) is 5.54 Å². The quantitative estimate of drug-likeness (QED) is 0.669. The summed E-state index contributed by atoms with van der Waals surface area (Å²) in [4.78, 5) is 41.0. The van der Waals surface area contributed by atoms with Crippen molar-refractivity contribution in [3.63, 3.8) is 0 Å². The van der Waals surface area contributed by atoms with Crippen LogP contribution in [0, 0.1) is 17.3 Å². The minimum Gasteiger partial charge on any atom is -0.381 e. The molecule has 3 saturated carbocycles. The van der Waals surface area contributed by atoms with Crippen LogP contribution in [0.5, 0.6) is 0 Å². The molecular formula is C22H34N4O4. The molecule has 0 bridgehead atoms. The van der Waals surface area contributed by atoms with E-state index in [1.54, 1.807) is 7.05 Å². The summed E-state index contributed by atoms with van der Waals surface area (Å²) in [6.45, 7) is 2.77. The number of hydrogen-bond donors (Lipinski definition) is 2. The SMILES string of the molecule is CN1C(=O)N(CC2COC2)C2(CC3(CCC(NC(=O)NCC4CCC4)CC3)C2)C1=O. The Kier molecular flexibility index (Phi) is 4.95. The van der Waals surface area contributed by atoms with Gasteiger partial charge in [-0.15, -0.1) is 0 Å². The maximum absolute atomic E-state index is 13.0. The summed E-state index contributed by atoms with van der Waals surface area (Å²) in [7, 11) is 1.61. The zero-order valence-electron chi connectivity index (χ0n) is 18.0. The van der Waals surface area contributed by atoms with Crippen LogP contribution in [0.4, 0.5) is 9.59 Å². The van der Waals surface area contributed by atoms with Crippen LogP contribution in [0.15, 0.2) is 0 Å². The zero-order chi connectivity index (χ0) is 20.9. The van der Waals surface area contributed by atoms with Crippen molar-refractivity contribution in [2.45, 2.75) is 69.4 Å². The second-order valence-corrected chi connectivity index (χ2v) is 10.5. The second kappa shape index (κ2) is 7.39. The number of urea groups is 2. The maximum Gasteiger partial charge on any atom is 0.327 e. The van der Waals surface area contributed by atoms with Crippen LogP contribution >= 0.6 is 0 Å². The fraction of sp³-hybridized carbons (Fsp3) is 0.864. The summed E-state index contributed by atoms with van der Waals surface area (Å²) < 4.78 is 5.27. The zero-order valence-corrected chi connectivity index (χ0v) is 18.0. The molecule has 30 heavy (non-hydrogen) atoms. The minimum atomic E-state index is -0.637. The number of carbonyl (C=O) groups is 3. The lowest BCUT2D eigenvalue weighted by Gasteiger charge is -2.58. The highest BCUT2D eigenvalue weighted by Crippen LogP contribution is 2.61. The first-order chi connectivity index (χ1) is 14.4. The summed E-state index contributed by atoms with van der Waals surface area (Å²) in [5, 5.41) is 6.15. The molecule has 5 aliphatic rings. The molecule has 2 saturated heterocycles. The van der Waals surface area contributed by atoms with Crippen LogP contribution in [-0.2, 0) is 9.53 Å². The molecule has 0 atom stereocenters. The van der Waals surface area contributed by atoms with Gasteiger partial charge in [0.05, 0.1) is 13.2 Å². The van der Waals surface area contributed by atoms with Gasteiger partial charge in [-0.2, -0.15) is 0 Å². The number of amides is 5. The lowest BCUT2D eigenvalue weighted by molar-refractivity contribution is -0.152. The largest absolute Gasteiger partial charge is 0.381 e. The minimum absolute atomic E-state index is 0.0333. The van der Waals surface area contributed by atoms with E-state index in [-0.39, 0.29) is 29.4 Å². The van der Waals surface area contributed by atoms with Crippen LogP contribution in [0.3, 0.4) is 0 Å². The molecule has 0 aromatic heterocycles. The van der Waals surface area contributed by atoms with E-state index in [1.807, 2.05) is 4.90 Å². The summed E-state index contributed by atoms with van der Waals surface area (Å²) in [6.07, 6.45) is 9.19. The molecule has 0 aromatic carbocycles. The molecule has 5 rings (SSSR count). The van der Waals surface area contributed by atoms with Crippen molar-refractivity contribution < 1.29 is 19.1 Å². The molecule has 5 fully saturated rings. The van der Waals surface area contributed by atoms with Crippen molar-refractivity contribution in [3.05, 3.63) is 0 Å². The summed E-state index contributed by atoms with van der Waals surface area (Å²) in [6, 6.07) is 0.0145. The number of imide groups is 1. The Hall–Kier alpha value is -1.83. The highest BCUT2D eigenvalue weighted by atomic mass is 16.5. The van der Waals surface area contributed by atoms with Gasteiger partial charge in [-0.1, -0.05) is 6.42 Å². The van der Waals surface area contributed by atoms with E-state index in [2.05, 4.69) is 10.6 Å². The molecule has 0 unspecified atom stereocenters. The molecule has 8 heteroatoms. The van der Waals surface area contributed by atoms with E-state index < -0.39 is 5.54 Å². The van der Waals surface area contributed by atoms with Crippen molar-refractivity contribution >= 4 is 18.0 Å². The van der Waals surface area contributed by atoms with Crippen molar-refractivity contribution in [2.75, 3.05) is 33.4 Å². The average Bonchev–Trinajstić information content (AvgIpc) is 2.80. The third-order valence-electron chi connectivity index (χ3n) is 8.38. The fourth-order valence-electron chi connectivity index (χ4n) is 6.21. The molecule has 2 aliphatic heterocycles. The highest BCUT2D eigenvalue weighted by molar-refractivity contribution is 6.07. The van der Waals surface area contributed by atoms with Crippen molar-refractivity contribution in [3.8, 4) is 0 Å². The Morgan fingerprint density at radius 3 is 2.37 bits per heavy atom. The first kappa shape index (κ1) is 20.1. The summed E-state index contributed by atoms with van der Waals surface area (Å²) in [5.74, 6) is 0.977. The van der Waals surface area contributed by atoms with Gasteiger partial charge in [-0.3, -0.25) is 9.69 Å². The van der Waals surface area contributed by atoms with Gasteiger partial charge in [-0.25, -0.2) is 9.59 Å². The monoisotopic (exact) mass is 418 g/mol. The number of hydrogen-bond acceptors (Lipinski definition) is 4. The Morgan fingerprint density at radius 2 is 1.80 bits per heavy atom. The number of nitrogens with one attached hydrogen (secondary N) is 2. The van der Waals surface area contributed by atoms with Crippen LogP contribution < -0.4 is 10.6 Å². The van der Waals surface area contributed by atoms with Gasteiger partial charge >= 0.3 is 12.1 Å². The van der Waals surface area contributed by atoms with E-state index in [4.69, 9.17) is 4.74 Å². The normalized spacial score (nSPS) is 36.6. The topological polar surface area (TPSA) is 91.0 Å². The van der Waals surface area contributed by atoms with E-state index >= 15 is 0 Å². The number of rotatable bonds is 5. The molecule has 2 N–H and O–H groups in total. The third kappa shape index (κ3) is 3.27. The van der Waals surface area contributed by atoms with Gasteiger partial charge in [0.15, 0.2) is 0 Å². The first-order valence-corrected chi connectivity index (χ1v) is 11.6. The van der Waals surface area contributed by atoms with Crippen LogP contribution in [0.2, 0.25) is 0 Å². The molecule has 2 spiro atoms. The van der Waals surface area contributed by atoms with E-state index in [9.17, 15) is 14.4 Å². The molecule has 5 amide bonds. The molecule has 0 radical (unpaired) electrons. The average molecular weight is 419 g/mol. The number of carbonyl (C=O) groups excluding carboxylic acids is 3. The third-order valence-corrected chi connectivity index (χ3v) is 8.38. The van der Waals surface area contributed by atoms with Gasteiger partial charge in [-0.05, 0) is 62.7 Å². The van der Waals surface area contributed by atoms with Crippen molar-refractivity contribution in [1.82, 2.24) is 20.4 Å². The van der Waals surface area contributed by atoms with Gasteiger partial charge < -0.3 is 20.3 Å². The molecule has 2 heterocycles. The second-order valence-electron chi connectivity index (χ2n) is 10.5. The molecule has 0 aromatic rings. The van der Waals surface area contributed by atoms with Gasteiger partial charge in [0.25, 0.3) is 5.91 Å². The first-order valence-electron chi connectivity index (χ1n) is 11.6. The highest BCUT2D eigenvalue weighted by Gasteiger charge is 2.67. The Balaban J connectivity index is 1.14. The lowest BCUT2D eigenvalue weighted by Crippen LogP contribution is -2.65. The summed E-state index contributed by atoms with van der Waals surface area (Å²) >= 11 is 0. The van der Waals surface area contributed by atoms with E-state index in [1.165, 1.54) is 24.2 Å². The molecule has 166 valence electrons. The predicted molar refractivity (Wildman–Crippen MR) is 110 cm³/mol. The molecular weight excluding hydrogens is 384 g/mol. The van der Waals surface area contributed by atoms with Crippen molar-refractivity contribution in [2.24, 2.45) is 17.3 Å². The number of nitrogens with zero attached hydrogens (tertiary/aromatic N) is 2.